The molecular weight excluding hydrogens is 441 g/mol. The molecule has 33 heavy (non-hydrogen) atoms. The average Bonchev–Trinajstić information content (AvgIpc) is 3.50. The zero-order valence-corrected chi connectivity index (χ0v) is 18.8. The van der Waals surface area contributed by atoms with Crippen LogP contribution in [0.15, 0.2) is 54.6 Å². The van der Waals surface area contributed by atoms with Crippen molar-refractivity contribution in [2.75, 3.05) is 18.0 Å². The molecule has 0 unspecified atom stereocenters. The van der Waals surface area contributed by atoms with Crippen LogP contribution in [0.1, 0.15) is 26.6 Å². The van der Waals surface area contributed by atoms with Gasteiger partial charge in [-0.1, -0.05) is 24.3 Å². The largest absolute Gasteiger partial charge is 0.344 e. The zero-order chi connectivity index (χ0) is 22.9. The molecule has 4 aromatic rings. The van der Waals surface area contributed by atoms with Crippen molar-refractivity contribution in [2.45, 2.75) is 20.0 Å². The van der Waals surface area contributed by atoms with E-state index in [1.165, 1.54) is 23.5 Å². The number of nitrogens with one attached hydrogen (secondary N) is 2. The highest BCUT2D eigenvalue weighted by molar-refractivity contribution is 7.18. The first kappa shape index (κ1) is 21.1. The molecule has 2 aromatic carbocycles. The second-order valence-corrected chi connectivity index (χ2v) is 8.99. The predicted molar refractivity (Wildman–Crippen MR) is 126 cm³/mol. The number of fused-ring (bicyclic) bond motifs is 1. The fraction of sp³-hybridized carbons (Fsp3) is 0.208. The number of aryl methyl sites for hydroxylation is 1. The molecular formula is C24H22FN5O2S. The number of hydrogen-bond donors (Lipinski definition) is 2. The van der Waals surface area contributed by atoms with E-state index in [4.69, 9.17) is 0 Å². The zero-order valence-electron chi connectivity index (χ0n) is 18.0. The minimum absolute atomic E-state index is 0.116. The molecule has 1 fully saturated rings. The van der Waals surface area contributed by atoms with Crippen LogP contribution in [-0.2, 0) is 13.1 Å². The number of nitrogens with zero attached hydrogens (tertiary/aromatic N) is 3. The molecule has 0 atom stereocenters. The van der Waals surface area contributed by atoms with Crippen LogP contribution in [0.2, 0.25) is 0 Å². The Morgan fingerprint density at radius 1 is 1.18 bits per heavy atom. The molecule has 0 saturated carbocycles. The number of aromatic nitrogens is 2. The minimum Gasteiger partial charge on any atom is -0.344 e. The van der Waals surface area contributed by atoms with Gasteiger partial charge in [-0.05, 0) is 48.4 Å². The van der Waals surface area contributed by atoms with Gasteiger partial charge in [0.15, 0.2) is 0 Å². The van der Waals surface area contributed by atoms with Crippen molar-refractivity contribution in [1.29, 1.82) is 0 Å². The number of urea groups is 1. The Kier molecular flexibility index (Phi) is 5.55. The molecule has 1 aliphatic rings. The molecule has 1 saturated heterocycles. The molecule has 0 bridgehead atoms. The third kappa shape index (κ3) is 4.31. The molecule has 2 aromatic heterocycles. The van der Waals surface area contributed by atoms with Gasteiger partial charge in [-0.2, -0.15) is 0 Å². The Bertz CT molecular complexity index is 1300. The Labute approximate surface area is 193 Å². The van der Waals surface area contributed by atoms with Gasteiger partial charge in [0.1, 0.15) is 16.6 Å². The van der Waals surface area contributed by atoms with Gasteiger partial charge in [-0.3, -0.25) is 9.69 Å². The number of halogens is 1. The van der Waals surface area contributed by atoms with E-state index in [1.54, 1.807) is 21.9 Å². The molecule has 168 valence electrons. The van der Waals surface area contributed by atoms with Crippen LogP contribution in [0.4, 0.5) is 14.2 Å². The molecule has 2 N–H and O–H groups in total. The highest BCUT2D eigenvalue weighted by Gasteiger charge is 2.31. The summed E-state index contributed by atoms with van der Waals surface area (Å²) in [6.07, 6.45) is 0. The van der Waals surface area contributed by atoms with E-state index in [0.717, 1.165) is 27.2 Å². The SMILES string of the molecule is Cc1cc(N2CCN(Cc3ccc(F)cc3)C2=O)sc1C(=O)NCc1nc2ccccc2[nH]1. The van der Waals surface area contributed by atoms with Crippen molar-refractivity contribution >= 4 is 39.3 Å². The number of amides is 3. The lowest BCUT2D eigenvalue weighted by Gasteiger charge is -2.17. The topological polar surface area (TPSA) is 81.3 Å². The number of anilines is 1. The van der Waals surface area contributed by atoms with Crippen molar-refractivity contribution in [1.82, 2.24) is 20.2 Å². The highest BCUT2D eigenvalue weighted by atomic mass is 32.1. The number of thiophene rings is 1. The second-order valence-electron chi connectivity index (χ2n) is 7.96. The van der Waals surface area contributed by atoms with Gasteiger partial charge in [0.05, 0.1) is 22.5 Å². The summed E-state index contributed by atoms with van der Waals surface area (Å²) in [6.45, 7) is 3.69. The van der Waals surface area contributed by atoms with Crippen LogP contribution in [0.3, 0.4) is 0 Å². The van der Waals surface area contributed by atoms with E-state index in [-0.39, 0.29) is 24.3 Å². The summed E-state index contributed by atoms with van der Waals surface area (Å²) in [5.41, 5.74) is 3.48. The summed E-state index contributed by atoms with van der Waals surface area (Å²) in [7, 11) is 0. The first-order valence-corrected chi connectivity index (χ1v) is 11.4. The number of carbonyl (C=O) groups is 2. The minimum atomic E-state index is -0.298. The van der Waals surface area contributed by atoms with Gasteiger partial charge in [0, 0.05) is 19.6 Å². The van der Waals surface area contributed by atoms with E-state index in [9.17, 15) is 14.0 Å². The molecule has 1 aliphatic heterocycles. The van der Waals surface area contributed by atoms with Gasteiger partial charge >= 0.3 is 6.03 Å². The third-order valence-corrected chi connectivity index (χ3v) is 6.87. The van der Waals surface area contributed by atoms with Crippen molar-refractivity contribution in [2.24, 2.45) is 0 Å². The maximum absolute atomic E-state index is 13.1. The van der Waals surface area contributed by atoms with E-state index >= 15 is 0 Å². The second kappa shape index (κ2) is 8.67. The van der Waals surface area contributed by atoms with Crippen LogP contribution in [0.25, 0.3) is 11.0 Å². The normalized spacial score (nSPS) is 13.8. The smallest absolute Gasteiger partial charge is 0.325 e. The Hall–Kier alpha value is -3.72. The maximum Gasteiger partial charge on any atom is 0.325 e. The first-order chi connectivity index (χ1) is 16.0. The van der Waals surface area contributed by atoms with E-state index in [1.807, 2.05) is 37.3 Å². The van der Waals surface area contributed by atoms with E-state index in [2.05, 4.69) is 15.3 Å². The number of carbonyl (C=O) groups excluding carboxylic acids is 2. The fourth-order valence-electron chi connectivity index (χ4n) is 3.90. The van der Waals surface area contributed by atoms with Gasteiger partial charge in [0.25, 0.3) is 5.91 Å². The van der Waals surface area contributed by atoms with Gasteiger partial charge in [0.2, 0.25) is 0 Å². The number of rotatable bonds is 6. The number of benzene rings is 2. The first-order valence-electron chi connectivity index (χ1n) is 10.6. The number of imidazole rings is 1. The molecule has 5 rings (SSSR count). The Morgan fingerprint density at radius 2 is 1.97 bits per heavy atom. The van der Waals surface area contributed by atoms with Crippen LogP contribution in [-0.4, -0.2) is 39.9 Å². The highest BCUT2D eigenvalue weighted by Crippen LogP contribution is 2.32. The van der Waals surface area contributed by atoms with E-state index in [0.29, 0.717) is 30.3 Å². The number of aromatic amines is 1. The molecule has 3 heterocycles. The molecule has 0 radical (unpaired) electrons. The third-order valence-electron chi connectivity index (χ3n) is 5.61. The number of para-hydroxylation sites is 2. The van der Waals surface area contributed by atoms with Crippen molar-refractivity contribution in [3.8, 4) is 0 Å². The van der Waals surface area contributed by atoms with Crippen LogP contribution >= 0.6 is 11.3 Å². The maximum atomic E-state index is 13.1. The number of hydrogen-bond acceptors (Lipinski definition) is 4. The summed E-state index contributed by atoms with van der Waals surface area (Å²) < 4.78 is 13.1. The monoisotopic (exact) mass is 463 g/mol. The average molecular weight is 464 g/mol. The quantitative estimate of drug-likeness (QED) is 0.444. The van der Waals surface area contributed by atoms with Crippen molar-refractivity contribution in [3.63, 3.8) is 0 Å². The van der Waals surface area contributed by atoms with Crippen LogP contribution in [0, 0.1) is 12.7 Å². The molecule has 0 spiro atoms. The summed E-state index contributed by atoms with van der Waals surface area (Å²) in [6, 6.07) is 15.6. The lowest BCUT2D eigenvalue weighted by Crippen LogP contribution is -2.31. The lowest BCUT2D eigenvalue weighted by molar-refractivity contribution is 0.0953. The molecule has 3 amide bonds. The predicted octanol–water partition coefficient (Wildman–Crippen LogP) is 4.44. The summed E-state index contributed by atoms with van der Waals surface area (Å²) in [4.78, 5) is 37.4. The van der Waals surface area contributed by atoms with Crippen molar-refractivity contribution < 1.29 is 14.0 Å². The molecule has 0 aliphatic carbocycles. The number of H-pyrrole nitrogens is 1. The van der Waals surface area contributed by atoms with Gasteiger partial charge in [-0.25, -0.2) is 14.2 Å². The molecule has 7 nitrogen and oxygen atoms in total. The standard InChI is InChI=1S/C24H22FN5O2S/c1-15-12-21(30-11-10-29(24(30)32)14-16-6-8-17(25)9-7-16)33-22(15)23(31)26-13-20-27-18-4-2-3-5-19(18)28-20/h2-9,12H,10-11,13-14H2,1H3,(H,26,31)(H,27,28). The summed E-state index contributed by atoms with van der Waals surface area (Å²) >= 11 is 1.31. The van der Waals surface area contributed by atoms with Crippen LogP contribution < -0.4 is 10.2 Å². The van der Waals surface area contributed by atoms with E-state index < -0.39 is 0 Å². The lowest BCUT2D eigenvalue weighted by atomic mass is 10.2. The summed E-state index contributed by atoms with van der Waals surface area (Å²) in [5.74, 6) is 0.192. The Morgan fingerprint density at radius 3 is 2.76 bits per heavy atom. The van der Waals surface area contributed by atoms with Crippen LogP contribution in [0.5, 0.6) is 0 Å². The van der Waals surface area contributed by atoms with Gasteiger partial charge < -0.3 is 15.2 Å². The Balaban J connectivity index is 1.24. The summed E-state index contributed by atoms with van der Waals surface area (Å²) in [5, 5.41) is 3.65. The molecule has 9 heteroatoms. The van der Waals surface area contributed by atoms with Crippen molar-refractivity contribution in [3.05, 3.63) is 82.2 Å². The fourth-order valence-corrected chi connectivity index (χ4v) is 5.01. The van der Waals surface area contributed by atoms with Gasteiger partial charge in [-0.15, -0.1) is 11.3 Å².